The van der Waals surface area contributed by atoms with Gasteiger partial charge in [-0.05, 0) is 71.5 Å². The normalized spacial score (nSPS) is 14.5. The van der Waals surface area contributed by atoms with Crippen LogP contribution in [-0.2, 0) is 23.9 Å². The summed E-state index contributed by atoms with van der Waals surface area (Å²) in [6.45, 7) is 5.60. The van der Waals surface area contributed by atoms with Crippen molar-refractivity contribution in [2.24, 2.45) is 0 Å². The average Bonchev–Trinajstić information content (AvgIpc) is 3.66. The highest BCUT2D eigenvalue weighted by atomic mass is 32.1. The Hall–Kier alpha value is -4.41. The number of nitrogens with one attached hydrogen (secondary N) is 2. The minimum absolute atomic E-state index is 0.0515. The molecule has 1 aliphatic heterocycles. The van der Waals surface area contributed by atoms with Crippen molar-refractivity contribution in [3.05, 3.63) is 111 Å². The van der Waals surface area contributed by atoms with E-state index in [1.54, 1.807) is 17.4 Å². The summed E-state index contributed by atoms with van der Waals surface area (Å²) in [5.74, 6) is -0.0515. The van der Waals surface area contributed by atoms with Crippen LogP contribution in [0.2, 0.25) is 0 Å². The van der Waals surface area contributed by atoms with E-state index in [2.05, 4.69) is 32.5 Å². The maximum atomic E-state index is 13.2. The van der Waals surface area contributed by atoms with E-state index < -0.39 is 11.7 Å². The number of carbonyl (C=O) groups excluding carboxylic acids is 1. The Labute approximate surface area is 257 Å². The van der Waals surface area contributed by atoms with Gasteiger partial charge in [-0.3, -0.25) is 14.8 Å². The molecular weight excluding hydrogens is 583 g/mol. The molecule has 6 rings (SSSR count). The Morgan fingerprint density at radius 2 is 1.82 bits per heavy atom. The Morgan fingerprint density at radius 1 is 1.00 bits per heavy atom. The summed E-state index contributed by atoms with van der Waals surface area (Å²) >= 11 is 1.57. The van der Waals surface area contributed by atoms with Crippen molar-refractivity contribution in [1.29, 1.82) is 0 Å². The molecule has 5 aromatic rings. The van der Waals surface area contributed by atoms with Gasteiger partial charge in [-0.1, -0.05) is 42.5 Å². The molecule has 3 aromatic carbocycles. The number of aryl methyl sites for hydroxylation is 1. The number of nitrogens with zero attached hydrogens (tertiary/aromatic N) is 3. The molecule has 0 saturated carbocycles. The van der Waals surface area contributed by atoms with Crippen molar-refractivity contribution >= 4 is 51.7 Å². The van der Waals surface area contributed by atoms with E-state index in [4.69, 9.17) is 0 Å². The number of fused-ring (bicyclic) bond motifs is 1. The molecule has 226 valence electrons. The third kappa shape index (κ3) is 7.03. The highest BCUT2D eigenvalue weighted by molar-refractivity contribution is 7.10. The van der Waals surface area contributed by atoms with Gasteiger partial charge in [0.1, 0.15) is 0 Å². The van der Waals surface area contributed by atoms with Gasteiger partial charge in [0.05, 0.1) is 23.2 Å². The van der Waals surface area contributed by atoms with E-state index >= 15 is 0 Å². The Balaban J connectivity index is 1.09. The molecule has 0 unspecified atom stereocenters. The second kappa shape index (κ2) is 12.7. The molecule has 2 aromatic heterocycles. The number of carbonyl (C=O) groups is 1. The largest absolute Gasteiger partial charge is 0.416 e. The first-order chi connectivity index (χ1) is 21.2. The lowest BCUT2D eigenvalue weighted by Crippen LogP contribution is -2.46. The minimum atomic E-state index is -4.34. The van der Waals surface area contributed by atoms with Crippen LogP contribution in [0.15, 0.2) is 78.2 Å². The molecular formula is C34H32F3N5OS. The van der Waals surface area contributed by atoms with Crippen LogP contribution < -0.4 is 10.2 Å². The average molecular weight is 616 g/mol. The number of aromatic nitrogens is 2. The van der Waals surface area contributed by atoms with Gasteiger partial charge >= 0.3 is 6.18 Å². The van der Waals surface area contributed by atoms with Gasteiger partial charge in [-0.2, -0.15) is 18.3 Å². The molecule has 1 amide bonds. The SMILES string of the molecule is Cc1cc2[nH]nc(/C=C/c3cccc(CN4CCN(c5cccc(C(F)(F)F)c5)CC4)c3)c2cc1NC(=O)Cc1cccs1. The van der Waals surface area contributed by atoms with Crippen molar-refractivity contribution in [2.45, 2.75) is 26.1 Å². The molecule has 1 saturated heterocycles. The summed E-state index contributed by atoms with van der Waals surface area (Å²) in [5.41, 5.74) is 5.61. The minimum Gasteiger partial charge on any atom is -0.369 e. The smallest absolute Gasteiger partial charge is 0.369 e. The van der Waals surface area contributed by atoms with Crippen molar-refractivity contribution in [3.8, 4) is 0 Å². The van der Waals surface area contributed by atoms with E-state index in [0.717, 1.165) is 69.6 Å². The molecule has 1 fully saturated rings. The first-order valence-corrected chi connectivity index (χ1v) is 15.3. The molecule has 2 N–H and O–H groups in total. The van der Waals surface area contributed by atoms with Crippen molar-refractivity contribution in [1.82, 2.24) is 15.1 Å². The summed E-state index contributed by atoms with van der Waals surface area (Å²) in [6, 6.07) is 21.7. The van der Waals surface area contributed by atoms with Gasteiger partial charge in [-0.25, -0.2) is 0 Å². The Bertz CT molecular complexity index is 1790. The van der Waals surface area contributed by atoms with Crippen LogP contribution in [-0.4, -0.2) is 47.2 Å². The highest BCUT2D eigenvalue weighted by Gasteiger charge is 2.31. The molecule has 3 heterocycles. The maximum absolute atomic E-state index is 13.2. The second-order valence-electron chi connectivity index (χ2n) is 11.0. The standard InChI is InChI=1S/C34H32F3N5OS/c1-23-17-32-29(21-31(23)38-33(43)20-28-9-4-16-44-28)30(39-40-32)11-10-24-5-2-6-25(18-24)22-41-12-14-42(15-13-41)27-8-3-7-26(19-27)34(35,36)37/h2-11,16-19,21H,12-15,20,22H2,1H3,(H,38,43)(H,39,40)/b11-10+. The number of rotatable bonds is 8. The molecule has 44 heavy (non-hydrogen) atoms. The number of benzene rings is 3. The van der Waals surface area contributed by atoms with Gasteiger partial charge in [-0.15, -0.1) is 11.3 Å². The lowest BCUT2D eigenvalue weighted by molar-refractivity contribution is -0.137. The third-order valence-electron chi connectivity index (χ3n) is 7.83. The fraction of sp³-hybridized carbons (Fsp3) is 0.235. The molecule has 6 nitrogen and oxygen atoms in total. The quantitative estimate of drug-likeness (QED) is 0.189. The molecule has 0 bridgehead atoms. The number of thiophene rings is 1. The van der Waals surface area contributed by atoms with E-state index in [1.807, 2.05) is 65.8 Å². The summed E-state index contributed by atoms with van der Waals surface area (Å²) in [5, 5.41) is 13.5. The fourth-order valence-corrected chi connectivity index (χ4v) is 6.20. The second-order valence-corrected chi connectivity index (χ2v) is 12.0. The van der Waals surface area contributed by atoms with Gasteiger partial charge in [0.25, 0.3) is 0 Å². The van der Waals surface area contributed by atoms with Gasteiger partial charge in [0.2, 0.25) is 5.91 Å². The molecule has 0 spiro atoms. The van der Waals surface area contributed by atoms with Crippen LogP contribution in [0.3, 0.4) is 0 Å². The van der Waals surface area contributed by atoms with Crippen LogP contribution in [0.5, 0.6) is 0 Å². The lowest BCUT2D eigenvalue weighted by atomic mass is 10.1. The summed E-state index contributed by atoms with van der Waals surface area (Å²) in [4.78, 5) is 18.0. The lowest BCUT2D eigenvalue weighted by Gasteiger charge is -2.36. The topological polar surface area (TPSA) is 64.3 Å². The van der Waals surface area contributed by atoms with E-state index in [-0.39, 0.29) is 5.91 Å². The first kappa shape index (κ1) is 29.7. The fourth-order valence-electron chi connectivity index (χ4n) is 5.49. The molecule has 10 heteroatoms. The summed E-state index contributed by atoms with van der Waals surface area (Å²) in [6.07, 6.45) is -0.00154. The Kier molecular flexibility index (Phi) is 8.54. The van der Waals surface area contributed by atoms with E-state index in [9.17, 15) is 18.0 Å². The zero-order valence-electron chi connectivity index (χ0n) is 24.2. The third-order valence-corrected chi connectivity index (χ3v) is 8.70. The van der Waals surface area contributed by atoms with Gasteiger partial charge < -0.3 is 10.2 Å². The maximum Gasteiger partial charge on any atom is 0.416 e. The summed E-state index contributed by atoms with van der Waals surface area (Å²) in [7, 11) is 0. The predicted octanol–water partition coefficient (Wildman–Crippen LogP) is 7.63. The Morgan fingerprint density at radius 3 is 2.59 bits per heavy atom. The van der Waals surface area contributed by atoms with Crippen LogP contribution >= 0.6 is 11.3 Å². The van der Waals surface area contributed by atoms with E-state index in [0.29, 0.717) is 25.2 Å². The monoisotopic (exact) mass is 615 g/mol. The number of halogens is 3. The van der Waals surface area contributed by atoms with Gasteiger partial charge in [0, 0.05) is 54.4 Å². The predicted molar refractivity (Wildman–Crippen MR) is 172 cm³/mol. The van der Waals surface area contributed by atoms with Crippen LogP contribution in [0.25, 0.3) is 23.1 Å². The number of aromatic amines is 1. The molecule has 0 radical (unpaired) electrons. The zero-order valence-corrected chi connectivity index (χ0v) is 25.0. The first-order valence-electron chi connectivity index (χ1n) is 14.4. The van der Waals surface area contributed by atoms with Gasteiger partial charge in [0.15, 0.2) is 0 Å². The van der Waals surface area contributed by atoms with Crippen molar-refractivity contribution < 1.29 is 18.0 Å². The summed E-state index contributed by atoms with van der Waals surface area (Å²) < 4.78 is 39.5. The van der Waals surface area contributed by atoms with E-state index in [1.165, 1.54) is 12.1 Å². The molecule has 0 aliphatic carbocycles. The van der Waals surface area contributed by atoms with Crippen LogP contribution in [0.4, 0.5) is 24.5 Å². The number of hydrogen-bond acceptors (Lipinski definition) is 5. The molecule has 1 aliphatic rings. The number of anilines is 2. The molecule has 0 atom stereocenters. The van der Waals surface area contributed by atoms with Crippen LogP contribution in [0.1, 0.15) is 32.8 Å². The number of piperazine rings is 1. The highest BCUT2D eigenvalue weighted by Crippen LogP contribution is 2.32. The number of H-pyrrole nitrogens is 1. The number of alkyl halides is 3. The van der Waals surface area contributed by atoms with Crippen LogP contribution in [0, 0.1) is 6.92 Å². The van der Waals surface area contributed by atoms with Crippen molar-refractivity contribution in [2.75, 3.05) is 36.4 Å². The number of amides is 1. The number of hydrogen-bond donors (Lipinski definition) is 2. The van der Waals surface area contributed by atoms with Crippen molar-refractivity contribution in [3.63, 3.8) is 0 Å². The zero-order chi connectivity index (χ0) is 30.7.